The number of nitrogens with zero attached hydrogens (tertiary/aromatic N) is 3. The number of halogens is 1. The molecule has 0 fully saturated rings. The minimum Gasteiger partial charge on any atom is -0.460 e. The van der Waals surface area contributed by atoms with Gasteiger partial charge < -0.3 is 14.3 Å². The Balaban J connectivity index is 1.24. The van der Waals surface area contributed by atoms with Crippen LogP contribution in [0.2, 0.25) is 5.02 Å². The van der Waals surface area contributed by atoms with Crippen LogP contribution in [0.5, 0.6) is 0 Å². The summed E-state index contributed by atoms with van der Waals surface area (Å²) in [4.78, 5) is 0. The van der Waals surface area contributed by atoms with E-state index in [1.54, 1.807) is 0 Å². The molecule has 0 unspecified atom stereocenters. The lowest BCUT2D eigenvalue weighted by Gasteiger charge is -2.07. The summed E-state index contributed by atoms with van der Waals surface area (Å²) in [6.07, 6.45) is 6.84. The Hall–Kier alpha value is -2.11. The van der Waals surface area contributed by atoms with Crippen molar-refractivity contribution in [3.8, 4) is 11.3 Å². The molecule has 142 valence electrons. The highest BCUT2D eigenvalue weighted by molar-refractivity contribution is 6.33. The molecule has 0 saturated carbocycles. The fourth-order valence-corrected chi connectivity index (χ4v) is 3.82. The van der Waals surface area contributed by atoms with Gasteiger partial charge in [0, 0.05) is 24.9 Å². The SMILES string of the molecule is Clc1ccccc1-c1ccc(CNCCCc2nnc3n2CCCCC3)o1. The third-order valence-corrected chi connectivity index (χ3v) is 5.37. The van der Waals surface area contributed by atoms with Crippen molar-refractivity contribution in [3.63, 3.8) is 0 Å². The molecule has 0 spiro atoms. The lowest BCUT2D eigenvalue weighted by atomic mass is 10.2. The van der Waals surface area contributed by atoms with Crippen molar-refractivity contribution in [1.29, 1.82) is 0 Å². The van der Waals surface area contributed by atoms with Gasteiger partial charge in [-0.2, -0.15) is 0 Å². The number of aromatic nitrogens is 3. The van der Waals surface area contributed by atoms with E-state index >= 15 is 0 Å². The Morgan fingerprint density at radius 2 is 2.00 bits per heavy atom. The van der Waals surface area contributed by atoms with Crippen LogP contribution in [0.25, 0.3) is 11.3 Å². The Morgan fingerprint density at radius 3 is 2.93 bits per heavy atom. The highest BCUT2D eigenvalue weighted by Crippen LogP contribution is 2.28. The Labute approximate surface area is 164 Å². The van der Waals surface area contributed by atoms with Gasteiger partial charge in [0.15, 0.2) is 0 Å². The molecule has 1 N–H and O–H groups in total. The third-order valence-electron chi connectivity index (χ3n) is 5.04. The first kappa shape index (κ1) is 18.3. The van der Waals surface area contributed by atoms with Crippen molar-refractivity contribution in [2.75, 3.05) is 6.54 Å². The molecular weight excluding hydrogens is 360 g/mol. The van der Waals surface area contributed by atoms with E-state index in [0.717, 1.165) is 61.1 Å². The highest BCUT2D eigenvalue weighted by Gasteiger charge is 2.14. The van der Waals surface area contributed by atoms with Crippen molar-refractivity contribution in [2.45, 2.75) is 51.6 Å². The van der Waals surface area contributed by atoms with Crippen LogP contribution in [0.3, 0.4) is 0 Å². The molecule has 2 aromatic heterocycles. The molecule has 0 bridgehead atoms. The predicted octanol–water partition coefficient (Wildman–Crippen LogP) is 4.64. The summed E-state index contributed by atoms with van der Waals surface area (Å²) >= 11 is 6.23. The average Bonchev–Trinajstić information content (AvgIpc) is 3.22. The maximum Gasteiger partial charge on any atom is 0.135 e. The molecule has 0 saturated heterocycles. The van der Waals surface area contributed by atoms with Gasteiger partial charge in [-0.15, -0.1) is 10.2 Å². The second-order valence-electron chi connectivity index (χ2n) is 7.02. The summed E-state index contributed by atoms with van der Waals surface area (Å²) in [5.74, 6) is 4.02. The summed E-state index contributed by atoms with van der Waals surface area (Å²) in [7, 11) is 0. The number of hydrogen-bond donors (Lipinski definition) is 1. The van der Waals surface area contributed by atoms with Gasteiger partial charge in [-0.3, -0.25) is 0 Å². The molecule has 0 aliphatic carbocycles. The fourth-order valence-electron chi connectivity index (χ4n) is 3.59. The quantitative estimate of drug-likeness (QED) is 0.603. The first-order valence-corrected chi connectivity index (χ1v) is 10.1. The van der Waals surface area contributed by atoms with E-state index in [2.05, 4.69) is 20.1 Å². The van der Waals surface area contributed by atoms with Crippen LogP contribution in [-0.4, -0.2) is 21.3 Å². The van der Waals surface area contributed by atoms with Crippen LogP contribution in [0.15, 0.2) is 40.8 Å². The lowest BCUT2D eigenvalue weighted by Crippen LogP contribution is -2.16. The number of rotatable bonds is 7. The normalized spacial score (nSPS) is 14.1. The summed E-state index contributed by atoms with van der Waals surface area (Å²) in [6, 6.07) is 11.7. The van der Waals surface area contributed by atoms with Crippen molar-refractivity contribution >= 4 is 11.6 Å². The van der Waals surface area contributed by atoms with E-state index in [0.29, 0.717) is 11.6 Å². The van der Waals surface area contributed by atoms with E-state index in [1.807, 2.05) is 36.4 Å². The topological polar surface area (TPSA) is 55.9 Å². The van der Waals surface area contributed by atoms with Crippen molar-refractivity contribution in [3.05, 3.63) is 58.8 Å². The minimum absolute atomic E-state index is 0.707. The number of aryl methyl sites for hydroxylation is 2. The van der Waals surface area contributed by atoms with Crippen molar-refractivity contribution in [1.82, 2.24) is 20.1 Å². The minimum atomic E-state index is 0.707. The highest BCUT2D eigenvalue weighted by atomic mass is 35.5. The van der Waals surface area contributed by atoms with Gasteiger partial charge >= 0.3 is 0 Å². The standard InChI is InChI=1S/C21H25ClN4O/c22-18-8-4-3-7-17(18)19-12-11-16(27-19)15-23-13-6-10-21-25-24-20-9-2-1-5-14-26(20)21/h3-4,7-8,11-12,23H,1-2,5-6,9-10,13-15H2. The van der Waals surface area contributed by atoms with Crippen LogP contribution >= 0.6 is 11.6 Å². The molecule has 3 aromatic rings. The smallest absolute Gasteiger partial charge is 0.135 e. The first-order chi connectivity index (χ1) is 13.3. The third kappa shape index (κ3) is 4.42. The van der Waals surface area contributed by atoms with Crippen LogP contribution in [0, 0.1) is 0 Å². The molecular formula is C21H25ClN4O. The molecule has 27 heavy (non-hydrogen) atoms. The second kappa shape index (κ2) is 8.72. The molecule has 1 aliphatic heterocycles. The van der Waals surface area contributed by atoms with Gasteiger partial charge in [0.2, 0.25) is 0 Å². The van der Waals surface area contributed by atoms with Crippen molar-refractivity contribution in [2.24, 2.45) is 0 Å². The maximum absolute atomic E-state index is 6.23. The largest absolute Gasteiger partial charge is 0.460 e. The van der Waals surface area contributed by atoms with E-state index in [4.69, 9.17) is 16.0 Å². The van der Waals surface area contributed by atoms with Crippen LogP contribution in [0.4, 0.5) is 0 Å². The summed E-state index contributed by atoms with van der Waals surface area (Å²) in [6.45, 7) is 2.70. The van der Waals surface area contributed by atoms with Gasteiger partial charge in [0.1, 0.15) is 23.2 Å². The monoisotopic (exact) mass is 384 g/mol. The lowest BCUT2D eigenvalue weighted by molar-refractivity contribution is 0.489. The van der Waals surface area contributed by atoms with Gasteiger partial charge in [-0.05, 0) is 50.1 Å². The maximum atomic E-state index is 6.23. The fraction of sp³-hybridized carbons (Fsp3) is 0.429. The Kier molecular flexibility index (Phi) is 5.90. The molecule has 3 heterocycles. The van der Waals surface area contributed by atoms with Gasteiger partial charge in [0.05, 0.1) is 11.6 Å². The first-order valence-electron chi connectivity index (χ1n) is 9.76. The Morgan fingerprint density at radius 1 is 1.07 bits per heavy atom. The molecule has 4 rings (SSSR count). The van der Waals surface area contributed by atoms with E-state index < -0.39 is 0 Å². The molecule has 6 heteroatoms. The summed E-state index contributed by atoms with van der Waals surface area (Å²) in [5, 5.41) is 12.9. The number of nitrogens with one attached hydrogen (secondary N) is 1. The van der Waals surface area contributed by atoms with Gasteiger partial charge in [-0.1, -0.05) is 30.2 Å². The van der Waals surface area contributed by atoms with Crippen LogP contribution < -0.4 is 5.32 Å². The van der Waals surface area contributed by atoms with E-state index in [9.17, 15) is 0 Å². The van der Waals surface area contributed by atoms with Gasteiger partial charge in [-0.25, -0.2) is 0 Å². The van der Waals surface area contributed by atoms with Crippen molar-refractivity contribution < 1.29 is 4.42 Å². The molecule has 1 aliphatic rings. The average molecular weight is 385 g/mol. The van der Waals surface area contributed by atoms with Crippen LogP contribution in [-0.2, 0) is 25.9 Å². The predicted molar refractivity (Wildman–Crippen MR) is 107 cm³/mol. The molecule has 5 nitrogen and oxygen atoms in total. The summed E-state index contributed by atoms with van der Waals surface area (Å²) in [5.41, 5.74) is 0.929. The number of benzene rings is 1. The zero-order valence-electron chi connectivity index (χ0n) is 15.5. The molecule has 0 radical (unpaired) electrons. The molecule has 0 amide bonds. The number of fused-ring (bicyclic) bond motifs is 1. The number of furan rings is 1. The molecule has 0 atom stereocenters. The summed E-state index contributed by atoms with van der Waals surface area (Å²) < 4.78 is 8.25. The Bertz CT molecular complexity index is 886. The van der Waals surface area contributed by atoms with E-state index in [1.165, 1.54) is 19.3 Å². The van der Waals surface area contributed by atoms with E-state index in [-0.39, 0.29) is 0 Å². The zero-order valence-corrected chi connectivity index (χ0v) is 16.2. The van der Waals surface area contributed by atoms with Crippen LogP contribution in [0.1, 0.15) is 43.1 Å². The zero-order chi connectivity index (χ0) is 18.5. The second-order valence-corrected chi connectivity index (χ2v) is 7.43. The van der Waals surface area contributed by atoms with Gasteiger partial charge in [0.25, 0.3) is 0 Å². The molecule has 1 aromatic carbocycles. The number of hydrogen-bond acceptors (Lipinski definition) is 4.